The van der Waals surface area contributed by atoms with E-state index in [0.717, 1.165) is 70.3 Å². The number of likely N-dealkylation sites (tertiary alicyclic amines) is 1. The highest BCUT2D eigenvalue weighted by Gasteiger charge is 2.21. The van der Waals surface area contributed by atoms with Crippen molar-refractivity contribution >= 4 is 32.7 Å². The molecule has 0 N–H and O–H groups in total. The van der Waals surface area contributed by atoms with Crippen molar-refractivity contribution in [3.63, 3.8) is 0 Å². The molecule has 30 heavy (non-hydrogen) atoms. The third-order valence-corrected chi connectivity index (χ3v) is 6.01. The number of benzene rings is 2. The Morgan fingerprint density at radius 1 is 1.03 bits per heavy atom. The highest BCUT2D eigenvalue weighted by Crippen LogP contribution is 2.29. The van der Waals surface area contributed by atoms with Gasteiger partial charge in [-0.05, 0) is 67.8 Å². The molecule has 1 fully saturated rings. The van der Waals surface area contributed by atoms with E-state index in [1.807, 2.05) is 53.4 Å². The van der Waals surface area contributed by atoms with E-state index in [9.17, 15) is 4.79 Å². The number of nitrogens with zero attached hydrogens (tertiary/aromatic N) is 2. The number of pyridine rings is 1. The summed E-state index contributed by atoms with van der Waals surface area (Å²) in [5.74, 6) is 0.956. The Bertz CT molecular complexity index is 1030. The Balaban J connectivity index is 1.74. The molecule has 4 nitrogen and oxygen atoms in total. The molecule has 3 aromatic rings. The van der Waals surface area contributed by atoms with Gasteiger partial charge in [0.25, 0.3) is 5.91 Å². The zero-order valence-corrected chi connectivity index (χ0v) is 19.0. The zero-order valence-electron chi connectivity index (χ0n) is 17.4. The summed E-state index contributed by atoms with van der Waals surface area (Å²) in [4.78, 5) is 20.4. The van der Waals surface area contributed by atoms with Crippen LogP contribution in [0.4, 0.5) is 0 Å². The number of hydrogen-bond donors (Lipinski definition) is 0. The number of hydrogen-bond acceptors (Lipinski definition) is 3. The fourth-order valence-corrected chi connectivity index (χ4v) is 4.27. The van der Waals surface area contributed by atoms with E-state index in [1.165, 1.54) is 12.8 Å². The Hall–Kier alpha value is -2.40. The molecule has 0 spiro atoms. The van der Waals surface area contributed by atoms with Gasteiger partial charge in [-0.3, -0.25) is 4.79 Å². The highest BCUT2D eigenvalue weighted by atomic mass is 79.9. The predicted molar refractivity (Wildman–Crippen MR) is 125 cm³/mol. The van der Waals surface area contributed by atoms with Crippen molar-refractivity contribution in [2.24, 2.45) is 0 Å². The summed E-state index contributed by atoms with van der Waals surface area (Å²) in [5, 5.41) is 0.894. The van der Waals surface area contributed by atoms with E-state index in [1.54, 1.807) is 0 Å². The van der Waals surface area contributed by atoms with Gasteiger partial charge in [0.15, 0.2) is 0 Å². The Kier molecular flexibility index (Phi) is 6.68. The zero-order chi connectivity index (χ0) is 20.9. The van der Waals surface area contributed by atoms with Crippen LogP contribution in [-0.2, 0) is 0 Å². The topological polar surface area (TPSA) is 42.4 Å². The monoisotopic (exact) mass is 466 g/mol. The second-order valence-corrected chi connectivity index (χ2v) is 8.71. The molecule has 1 aliphatic heterocycles. The number of amides is 1. The van der Waals surface area contributed by atoms with Crippen LogP contribution in [0.15, 0.2) is 53.0 Å². The number of halogens is 1. The maximum Gasteiger partial charge on any atom is 0.254 e. The van der Waals surface area contributed by atoms with E-state index in [0.29, 0.717) is 6.61 Å². The molecule has 0 saturated carbocycles. The smallest absolute Gasteiger partial charge is 0.254 e. The maximum atomic E-state index is 13.5. The first-order chi connectivity index (χ1) is 14.7. The molecule has 0 atom stereocenters. The fourth-order valence-electron chi connectivity index (χ4n) is 3.91. The van der Waals surface area contributed by atoms with Crippen LogP contribution in [0.25, 0.3) is 22.2 Å². The molecule has 156 valence electrons. The maximum absolute atomic E-state index is 13.5. The first kappa shape index (κ1) is 20.9. The highest BCUT2D eigenvalue weighted by molar-refractivity contribution is 9.10. The van der Waals surface area contributed by atoms with Gasteiger partial charge < -0.3 is 9.64 Å². The lowest BCUT2D eigenvalue weighted by Gasteiger charge is -2.21. The molecule has 2 aromatic carbocycles. The van der Waals surface area contributed by atoms with Crippen LogP contribution in [0.1, 0.15) is 49.4 Å². The average molecular weight is 467 g/mol. The lowest BCUT2D eigenvalue weighted by molar-refractivity contribution is 0.0763. The predicted octanol–water partition coefficient (Wildman–Crippen LogP) is 6.47. The largest absolute Gasteiger partial charge is 0.494 e. The Morgan fingerprint density at radius 2 is 1.77 bits per heavy atom. The normalized spacial score (nSPS) is 14.5. The number of carbonyl (C=O) groups is 1. The molecule has 1 aliphatic rings. The van der Waals surface area contributed by atoms with Crippen LogP contribution in [0, 0.1) is 0 Å². The van der Waals surface area contributed by atoms with Gasteiger partial charge in [-0.2, -0.15) is 0 Å². The first-order valence-corrected chi connectivity index (χ1v) is 11.6. The summed E-state index contributed by atoms with van der Waals surface area (Å²) < 4.78 is 6.65. The third kappa shape index (κ3) is 4.67. The van der Waals surface area contributed by atoms with E-state index < -0.39 is 0 Å². The van der Waals surface area contributed by atoms with E-state index in [-0.39, 0.29) is 5.91 Å². The second kappa shape index (κ2) is 9.61. The van der Waals surface area contributed by atoms with Gasteiger partial charge in [0.2, 0.25) is 0 Å². The van der Waals surface area contributed by atoms with E-state index >= 15 is 0 Å². The van der Waals surface area contributed by atoms with Crippen LogP contribution in [0.3, 0.4) is 0 Å². The number of ether oxygens (including phenoxy) is 1. The number of aromatic nitrogens is 1. The molecule has 2 heterocycles. The average Bonchev–Trinajstić information content (AvgIpc) is 3.06. The summed E-state index contributed by atoms with van der Waals surface area (Å²) in [7, 11) is 0. The van der Waals surface area contributed by atoms with Crippen LogP contribution >= 0.6 is 15.9 Å². The number of fused-ring (bicyclic) bond motifs is 1. The van der Waals surface area contributed by atoms with Gasteiger partial charge in [0.1, 0.15) is 5.75 Å². The minimum absolute atomic E-state index is 0.103. The van der Waals surface area contributed by atoms with Crippen molar-refractivity contribution in [2.45, 2.75) is 39.0 Å². The van der Waals surface area contributed by atoms with Gasteiger partial charge >= 0.3 is 0 Å². The summed E-state index contributed by atoms with van der Waals surface area (Å²) in [6, 6.07) is 15.9. The molecule has 1 aromatic heterocycles. The molecule has 1 saturated heterocycles. The van der Waals surface area contributed by atoms with Crippen LogP contribution < -0.4 is 4.74 Å². The first-order valence-electron chi connectivity index (χ1n) is 10.8. The molecule has 0 radical (unpaired) electrons. The third-order valence-electron chi connectivity index (χ3n) is 5.52. The van der Waals surface area contributed by atoms with Crippen LogP contribution in [0.2, 0.25) is 0 Å². The van der Waals surface area contributed by atoms with Crippen molar-refractivity contribution in [1.82, 2.24) is 9.88 Å². The summed E-state index contributed by atoms with van der Waals surface area (Å²) in [5.41, 5.74) is 3.35. The number of rotatable bonds is 5. The molecule has 4 rings (SSSR count). The summed E-state index contributed by atoms with van der Waals surface area (Å²) in [6.45, 7) is 4.45. The van der Waals surface area contributed by atoms with Crippen molar-refractivity contribution in [1.29, 1.82) is 0 Å². The molecule has 1 amide bonds. The van der Waals surface area contributed by atoms with Gasteiger partial charge in [-0.15, -0.1) is 0 Å². The van der Waals surface area contributed by atoms with E-state index in [2.05, 4.69) is 22.9 Å². The number of carbonyl (C=O) groups excluding carboxylic acids is 1. The quantitative estimate of drug-likeness (QED) is 0.432. The van der Waals surface area contributed by atoms with Crippen molar-refractivity contribution in [3.8, 4) is 17.0 Å². The molecular weight excluding hydrogens is 440 g/mol. The van der Waals surface area contributed by atoms with Gasteiger partial charge in [0, 0.05) is 28.5 Å². The Labute approximate surface area is 186 Å². The molecular formula is C25H27BrN2O2. The van der Waals surface area contributed by atoms with Crippen LogP contribution in [0.5, 0.6) is 5.75 Å². The van der Waals surface area contributed by atoms with Crippen LogP contribution in [-0.4, -0.2) is 35.5 Å². The van der Waals surface area contributed by atoms with E-state index in [4.69, 9.17) is 9.72 Å². The standard InChI is InChI=1S/C25H27BrN2O2/c1-2-15-30-20-10-7-18(8-11-20)24-17-22(21-16-19(26)9-12-23(21)27-24)25(29)28-13-5-3-4-6-14-28/h7-12,16-17H,2-6,13-15H2,1H3. The van der Waals surface area contributed by atoms with Gasteiger partial charge in [0.05, 0.1) is 23.4 Å². The molecule has 0 aliphatic carbocycles. The molecule has 5 heteroatoms. The second-order valence-electron chi connectivity index (χ2n) is 7.80. The van der Waals surface area contributed by atoms with Crippen molar-refractivity contribution in [3.05, 3.63) is 58.6 Å². The Morgan fingerprint density at radius 3 is 2.47 bits per heavy atom. The lowest BCUT2D eigenvalue weighted by Crippen LogP contribution is -2.32. The minimum Gasteiger partial charge on any atom is -0.494 e. The SMILES string of the molecule is CCCOc1ccc(-c2cc(C(=O)N3CCCCCC3)c3cc(Br)ccc3n2)cc1. The fraction of sp³-hybridized carbons (Fsp3) is 0.360. The molecule has 0 bridgehead atoms. The van der Waals surface area contributed by atoms with Crippen molar-refractivity contribution < 1.29 is 9.53 Å². The van der Waals surface area contributed by atoms with Gasteiger partial charge in [-0.25, -0.2) is 4.98 Å². The minimum atomic E-state index is 0.103. The van der Waals surface area contributed by atoms with Gasteiger partial charge in [-0.1, -0.05) is 35.7 Å². The summed E-state index contributed by atoms with van der Waals surface area (Å²) >= 11 is 3.55. The molecule has 0 unspecified atom stereocenters. The van der Waals surface area contributed by atoms with Crippen molar-refractivity contribution in [2.75, 3.05) is 19.7 Å². The summed E-state index contributed by atoms with van der Waals surface area (Å²) in [6.07, 6.45) is 5.52. The lowest BCUT2D eigenvalue weighted by atomic mass is 10.0.